The lowest BCUT2D eigenvalue weighted by atomic mass is 9.79. The van der Waals surface area contributed by atoms with Crippen molar-refractivity contribution in [3.05, 3.63) is 180 Å². The summed E-state index contributed by atoms with van der Waals surface area (Å²) in [7, 11) is 0. The first-order chi connectivity index (χ1) is 26.4. The monoisotopic (exact) mass is 686 g/mol. The van der Waals surface area contributed by atoms with Gasteiger partial charge in [0.1, 0.15) is 0 Å². The summed E-state index contributed by atoms with van der Waals surface area (Å²) < 4.78 is 0. The first-order valence-electron chi connectivity index (χ1n) is 19.1. The Hall–Kier alpha value is -6.50. The fourth-order valence-electron chi connectivity index (χ4n) is 9.49. The Morgan fingerprint density at radius 2 is 0.630 bits per heavy atom. The summed E-state index contributed by atoms with van der Waals surface area (Å²) in [5, 5.41) is 16.0. The number of aryl methyl sites for hydroxylation is 4. The smallest absolute Gasteiger partial charge is 0.0000713 e. The van der Waals surface area contributed by atoms with Gasteiger partial charge in [0.2, 0.25) is 0 Å². The SMILES string of the molecule is Cc1ccc(-c2c(-c3ccc(C)cc3)c(-c3ccc(C)cc3)c3c(c2-c2ccc(C)cc2)c2cccc4cc5c6cccc7cccc(c76)c5c3c42)cc1. The molecular formula is C54H38. The third kappa shape index (κ3) is 4.38. The lowest BCUT2D eigenvalue weighted by Gasteiger charge is -2.24. The molecule has 0 aromatic heterocycles. The average molecular weight is 687 g/mol. The largest absolute Gasteiger partial charge is 0.0610 e. The molecule has 0 amide bonds. The highest BCUT2D eigenvalue weighted by atomic mass is 14.3. The van der Waals surface area contributed by atoms with Crippen molar-refractivity contribution in [1.29, 1.82) is 0 Å². The number of benzene rings is 9. The third-order valence-electron chi connectivity index (χ3n) is 12.0. The van der Waals surface area contributed by atoms with Gasteiger partial charge in [-0.2, -0.15) is 0 Å². The molecule has 0 radical (unpaired) electrons. The second kappa shape index (κ2) is 11.5. The van der Waals surface area contributed by atoms with Crippen molar-refractivity contribution < 1.29 is 0 Å². The molecule has 0 heterocycles. The molecule has 0 N–H and O–H groups in total. The van der Waals surface area contributed by atoms with E-state index in [2.05, 4.69) is 185 Å². The summed E-state index contributed by atoms with van der Waals surface area (Å²) in [5.74, 6) is 0. The minimum absolute atomic E-state index is 1.23. The molecule has 0 nitrogen and oxygen atoms in total. The van der Waals surface area contributed by atoms with Gasteiger partial charge in [-0.25, -0.2) is 0 Å². The van der Waals surface area contributed by atoms with Crippen LogP contribution in [0.5, 0.6) is 0 Å². The maximum Gasteiger partial charge on any atom is -0.0000713 e. The number of hydrogen-bond donors (Lipinski definition) is 0. The molecule has 0 aliphatic heterocycles. The predicted molar refractivity (Wildman–Crippen MR) is 235 cm³/mol. The van der Waals surface area contributed by atoms with Gasteiger partial charge >= 0.3 is 0 Å². The van der Waals surface area contributed by atoms with Crippen molar-refractivity contribution in [2.45, 2.75) is 27.7 Å². The Labute approximate surface area is 315 Å². The van der Waals surface area contributed by atoms with E-state index in [1.165, 1.54) is 131 Å². The highest BCUT2D eigenvalue weighted by molar-refractivity contribution is 6.48. The Morgan fingerprint density at radius 1 is 0.241 bits per heavy atom. The van der Waals surface area contributed by atoms with E-state index in [-0.39, 0.29) is 0 Å². The van der Waals surface area contributed by atoms with Crippen LogP contribution in [0.1, 0.15) is 22.3 Å². The van der Waals surface area contributed by atoms with Crippen LogP contribution in [0.15, 0.2) is 158 Å². The molecule has 254 valence electrons. The molecule has 0 atom stereocenters. The lowest BCUT2D eigenvalue weighted by molar-refractivity contribution is 1.45. The summed E-state index contributed by atoms with van der Waals surface area (Å²) >= 11 is 0. The van der Waals surface area contributed by atoms with E-state index < -0.39 is 0 Å². The Bertz CT molecular complexity index is 3230. The lowest BCUT2D eigenvalue weighted by Crippen LogP contribution is -1.97. The quantitative estimate of drug-likeness (QED) is 0.173. The van der Waals surface area contributed by atoms with Gasteiger partial charge in [0.25, 0.3) is 0 Å². The molecular weight excluding hydrogens is 649 g/mol. The van der Waals surface area contributed by atoms with Gasteiger partial charge in [-0.15, -0.1) is 0 Å². The van der Waals surface area contributed by atoms with Crippen LogP contribution >= 0.6 is 0 Å². The minimum atomic E-state index is 1.23. The molecule has 0 aliphatic carbocycles. The topological polar surface area (TPSA) is 0 Å². The van der Waals surface area contributed by atoms with Gasteiger partial charge in [0, 0.05) is 0 Å². The normalized spacial score (nSPS) is 12.1. The molecule has 0 fully saturated rings. The molecule has 11 rings (SSSR count). The number of fused-ring (bicyclic) bond motifs is 7. The molecule has 0 heteroatoms. The van der Waals surface area contributed by atoms with Gasteiger partial charge in [0.05, 0.1) is 0 Å². The minimum Gasteiger partial charge on any atom is -0.0610 e. The van der Waals surface area contributed by atoms with Crippen LogP contribution in [0, 0.1) is 27.7 Å². The Morgan fingerprint density at radius 3 is 1.11 bits per heavy atom. The van der Waals surface area contributed by atoms with Crippen molar-refractivity contribution in [1.82, 2.24) is 0 Å². The van der Waals surface area contributed by atoms with E-state index in [0.717, 1.165) is 0 Å². The number of rotatable bonds is 4. The summed E-state index contributed by atoms with van der Waals surface area (Å²) in [5.41, 5.74) is 15.1. The van der Waals surface area contributed by atoms with Crippen molar-refractivity contribution in [3.63, 3.8) is 0 Å². The maximum atomic E-state index is 2.47. The van der Waals surface area contributed by atoms with E-state index in [1.54, 1.807) is 0 Å². The fourth-order valence-corrected chi connectivity index (χ4v) is 9.49. The second-order valence-corrected chi connectivity index (χ2v) is 15.5. The van der Waals surface area contributed by atoms with Gasteiger partial charge in [0.15, 0.2) is 0 Å². The first kappa shape index (κ1) is 31.1. The summed E-state index contributed by atoms with van der Waals surface area (Å²) in [6.45, 7) is 8.74. The molecule has 0 bridgehead atoms. The van der Waals surface area contributed by atoms with Gasteiger partial charge < -0.3 is 0 Å². The highest BCUT2D eigenvalue weighted by Gasteiger charge is 2.30. The molecule has 0 spiro atoms. The van der Waals surface area contributed by atoms with Gasteiger partial charge in [-0.05, 0) is 143 Å². The molecule has 0 saturated carbocycles. The first-order valence-corrected chi connectivity index (χ1v) is 19.1. The van der Waals surface area contributed by atoms with Gasteiger partial charge in [-0.1, -0.05) is 174 Å². The van der Waals surface area contributed by atoms with Crippen LogP contribution in [-0.4, -0.2) is 0 Å². The summed E-state index contributed by atoms with van der Waals surface area (Å²) in [6.07, 6.45) is 0. The summed E-state index contributed by atoms with van der Waals surface area (Å²) in [6, 6.07) is 60.1. The maximum absolute atomic E-state index is 2.47. The zero-order valence-corrected chi connectivity index (χ0v) is 31.0. The highest BCUT2D eigenvalue weighted by Crippen LogP contribution is 2.58. The molecule has 0 unspecified atom stereocenters. The second-order valence-electron chi connectivity index (χ2n) is 15.5. The molecule has 0 aliphatic rings. The van der Waals surface area contributed by atoms with E-state index >= 15 is 0 Å². The van der Waals surface area contributed by atoms with Crippen LogP contribution < -0.4 is 0 Å². The van der Waals surface area contributed by atoms with Crippen LogP contribution in [-0.2, 0) is 0 Å². The van der Waals surface area contributed by atoms with Crippen molar-refractivity contribution >= 4 is 64.6 Å². The van der Waals surface area contributed by atoms with E-state index in [0.29, 0.717) is 0 Å². The Kier molecular flexibility index (Phi) is 6.61. The molecule has 0 saturated heterocycles. The Balaban J connectivity index is 1.52. The standard InChI is InChI=1S/C54H38/c1-31-14-22-36(23-15-31)47-48(37-24-16-32(2)17-25-37)50(39-28-20-34(4)21-29-39)54-52(49(47)38-26-18-33(3)19-27-38)43-13-7-10-40-30-44-41-11-5-8-35-9-6-12-42(45(35)41)51(44)53(54)46(40)43/h5-30H,1-4H3. The number of hydrogen-bond acceptors (Lipinski definition) is 0. The van der Waals surface area contributed by atoms with Crippen molar-refractivity contribution in [2.24, 2.45) is 0 Å². The predicted octanol–water partition coefficient (Wildman–Crippen LogP) is 15.4. The van der Waals surface area contributed by atoms with E-state index in [1.807, 2.05) is 0 Å². The van der Waals surface area contributed by atoms with Crippen LogP contribution in [0.25, 0.3) is 109 Å². The van der Waals surface area contributed by atoms with E-state index in [4.69, 9.17) is 0 Å². The van der Waals surface area contributed by atoms with Crippen molar-refractivity contribution in [2.75, 3.05) is 0 Å². The van der Waals surface area contributed by atoms with Crippen molar-refractivity contribution in [3.8, 4) is 44.5 Å². The zero-order valence-electron chi connectivity index (χ0n) is 31.0. The summed E-state index contributed by atoms with van der Waals surface area (Å²) in [4.78, 5) is 0. The third-order valence-corrected chi connectivity index (χ3v) is 12.0. The van der Waals surface area contributed by atoms with Crippen LogP contribution in [0.3, 0.4) is 0 Å². The zero-order chi connectivity index (χ0) is 36.2. The fraction of sp³-hybridized carbons (Fsp3) is 0.0741. The van der Waals surface area contributed by atoms with E-state index in [9.17, 15) is 0 Å². The molecule has 54 heavy (non-hydrogen) atoms. The van der Waals surface area contributed by atoms with Crippen LogP contribution in [0.2, 0.25) is 0 Å². The van der Waals surface area contributed by atoms with Crippen LogP contribution in [0.4, 0.5) is 0 Å². The molecule has 11 aromatic rings. The average Bonchev–Trinajstić information content (AvgIpc) is 3.70. The molecule has 11 aromatic carbocycles. The van der Waals surface area contributed by atoms with Gasteiger partial charge in [-0.3, -0.25) is 0 Å².